The number of allylic oxidation sites excluding steroid dienone is 1. The quantitative estimate of drug-likeness (QED) is 0.290. The maximum atomic E-state index is 13.9. The van der Waals surface area contributed by atoms with Crippen LogP contribution in [0.1, 0.15) is 58.8 Å². The van der Waals surface area contributed by atoms with Crippen LogP contribution >= 0.6 is 23.1 Å². The molecule has 0 aliphatic heterocycles. The van der Waals surface area contributed by atoms with E-state index >= 15 is 0 Å². The van der Waals surface area contributed by atoms with Crippen molar-refractivity contribution >= 4 is 53.2 Å². The summed E-state index contributed by atoms with van der Waals surface area (Å²) in [6, 6.07) is 8.04. The molecule has 1 N–H and O–H groups in total. The lowest BCUT2D eigenvalue weighted by Gasteiger charge is -2.62. The van der Waals surface area contributed by atoms with Crippen LogP contribution in [0.5, 0.6) is 0 Å². The van der Waals surface area contributed by atoms with Crippen molar-refractivity contribution in [1.29, 1.82) is 0 Å². The van der Waals surface area contributed by atoms with Gasteiger partial charge in [0.2, 0.25) is 0 Å². The SMILES string of the molecule is CC12CCC(=O)C=C1CCC1C2[C@@H](O[Si](C)(C)C)CC2(C)C1CC[C@]2(O)C(=O)CSc1nc2ccccc2s1. The van der Waals surface area contributed by atoms with E-state index in [2.05, 4.69) is 39.6 Å². The molecule has 4 aliphatic carbocycles. The molecule has 0 saturated heterocycles. The van der Waals surface area contributed by atoms with Gasteiger partial charge in [0.15, 0.2) is 24.2 Å². The molecule has 1 aromatic heterocycles. The number of aromatic nitrogens is 1. The average Bonchev–Trinajstić information content (AvgIpc) is 3.40. The summed E-state index contributed by atoms with van der Waals surface area (Å²) in [4.78, 5) is 31.0. The van der Waals surface area contributed by atoms with Gasteiger partial charge < -0.3 is 9.53 Å². The molecule has 0 radical (unpaired) electrons. The molecule has 0 bridgehead atoms. The third-order valence-electron chi connectivity index (χ3n) is 10.6. The monoisotopic (exact) mass is 583 g/mol. The summed E-state index contributed by atoms with van der Waals surface area (Å²) in [5.41, 5.74) is 0.343. The Bertz CT molecular complexity index is 1320. The van der Waals surface area contributed by atoms with Gasteiger partial charge in [-0.05, 0) is 99.5 Å². The van der Waals surface area contributed by atoms with Crippen molar-refractivity contribution in [3.05, 3.63) is 35.9 Å². The maximum Gasteiger partial charge on any atom is 0.184 e. The molecule has 2 aromatic rings. The largest absolute Gasteiger partial charge is 0.414 e. The first-order chi connectivity index (χ1) is 18.3. The smallest absolute Gasteiger partial charge is 0.184 e. The second kappa shape index (κ2) is 9.62. The third kappa shape index (κ3) is 4.53. The molecule has 4 aliphatic rings. The highest BCUT2D eigenvalue weighted by atomic mass is 32.2. The zero-order valence-electron chi connectivity index (χ0n) is 23.8. The van der Waals surface area contributed by atoms with Crippen LogP contribution in [0, 0.1) is 28.6 Å². The number of carbonyl (C=O) groups is 2. The van der Waals surface area contributed by atoms with Gasteiger partial charge in [-0.2, -0.15) is 0 Å². The van der Waals surface area contributed by atoms with E-state index in [1.165, 1.54) is 17.3 Å². The number of hydrogen-bond donors (Lipinski definition) is 1. The number of nitrogens with zero attached hydrogens (tertiary/aromatic N) is 1. The lowest BCUT2D eigenvalue weighted by molar-refractivity contribution is -0.176. The molecule has 0 amide bonds. The van der Waals surface area contributed by atoms with Crippen molar-refractivity contribution in [1.82, 2.24) is 4.98 Å². The zero-order valence-corrected chi connectivity index (χ0v) is 26.4. The number of para-hydroxylation sites is 1. The Morgan fingerprint density at radius 2 is 1.95 bits per heavy atom. The van der Waals surface area contributed by atoms with Gasteiger partial charge in [-0.25, -0.2) is 4.98 Å². The molecule has 5 unspecified atom stereocenters. The van der Waals surface area contributed by atoms with Crippen LogP contribution in [-0.2, 0) is 14.0 Å². The first-order valence-electron chi connectivity index (χ1n) is 14.5. The lowest BCUT2D eigenvalue weighted by atomic mass is 9.45. The number of aliphatic hydroxyl groups is 1. The Morgan fingerprint density at radius 1 is 1.18 bits per heavy atom. The van der Waals surface area contributed by atoms with Crippen molar-refractivity contribution in [2.75, 3.05) is 5.75 Å². The van der Waals surface area contributed by atoms with E-state index in [4.69, 9.17) is 9.41 Å². The van der Waals surface area contributed by atoms with Gasteiger partial charge in [0.25, 0.3) is 0 Å². The van der Waals surface area contributed by atoms with Crippen molar-refractivity contribution in [2.24, 2.45) is 28.6 Å². The van der Waals surface area contributed by atoms with E-state index < -0.39 is 19.3 Å². The first-order valence-corrected chi connectivity index (χ1v) is 19.7. The minimum atomic E-state index is -1.91. The summed E-state index contributed by atoms with van der Waals surface area (Å²) in [6.07, 6.45) is 7.46. The molecule has 3 saturated carbocycles. The molecule has 6 rings (SSSR count). The van der Waals surface area contributed by atoms with Crippen molar-refractivity contribution in [3.8, 4) is 0 Å². The molecule has 1 aromatic carbocycles. The van der Waals surface area contributed by atoms with Gasteiger partial charge in [-0.1, -0.05) is 43.3 Å². The number of benzene rings is 1. The van der Waals surface area contributed by atoms with Gasteiger partial charge in [0.1, 0.15) is 5.60 Å². The maximum absolute atomic E-state index is 13.9. The van der Waals surface area contributed by atoms with Gasteiger partial charge in [-0.3, -0.25) is 9.59 Å². The first kappa shape index (κ1) is 27.8. The van der Waals surface area contributed by atoms with Crippen molar-refractivity contribution in [3.63, 3.8) is 0 Å². The molecule has 210 valence electrons. The predicted molar refractivity (Wildman–Crippen MR) is 161 cm³/mol. The summed E-state index contributed by atoms with van der Waals surface area (Å²) < 4.78 is 8.98. The van der Waals surface area contributed by atoms with Crippen LogP contribution in [0.15, 0.2) is 40.3 Å². The molecule has 3 fully saturated rings. The number of thiazole rings is 1. The van der Waals surface area contributed by atoms with Gasteiger partial charge in [0, 0.05) is 17.9 Å². The van der Waals surface area contributed by atoms with Crippen LogP contribution in [-0.4, -0.2) is 47.4 Å². The Hall–Kier alpha value is -1.32. The number of ketones is 2. The van der Waals surface area contributed by atoms with E-state index in [0.29, 0.717) is 31.1 Å². The highest BCUT2D eigenvalue weighted by molar-refractivity contribution is 8.01. The van der Waals surface area contributed by atoms with Crippen LogP contribution < -0.4 is 0 Å². The van der Waals surface area contributed by atoms with Crippen LogP contribution in [0.25, 0.3) is 10.2 Å². The standard InChI is InChI=1S/C31H41NO4S2Si/c1-29-14-12-20(33)16-19(29)10-11-21-22-13-15-31(35,30(22,2)17-24(27(21)29)36-39(3,4)5)26(34)18-37-28-32-23-8-6-7-9-25(23)38-28/h6-9,16,21-22,24,27,35H,10-15,17-18H2,1-5H3/t21?,22?,24-,27?,29?,30?,31-/m0/s1. The zero-order chi connectivity index (χ0) is 27.8. The van der Waals surface area contributed by atoms with E-state index in [9.17, 15) is 14.7 Å². The van der Waals surface area contributed by atoms with E-state index in [-0.39, 0.29) is 34.8 Å². The predicted octanol–water partition coefficient (Wildman–Crippen LogP) is 7.05. The Kier molecular flexibility index (Phi) is 6.86. The average molecular weight is 584 g/mol. The van der Waals surface area contributed by atoms with E-state index in [0.717, 1.165) is 40.2 Å². The van der Waals surface area contributed by atoms with Crippen molar-refractivity contribution in [2.45, 2.75) is 94.5 Å². The summed E-state index contributed by atoms with van der Waals surface area (Å²) >= 11 is 3.07. The second-order valence-corrected chi connectivity index (χ2v) is 20.6. The van der Waals surface area contributed by atoms with Crippen LogP contribution in [0.3, 0.4) is 0 Å². The summed E-state index contributed by atoms with van der Waals surface area (Å²) in [5, 5.41) is 12.3. The van der Waals surface area contributed by atoms with E-state index in [1.807, 2.05) is 24.3 Å². The Labute approximate surface area is 241 Å². The highest BCUT2D eigenvalue weighted by Crippen LogP contribution is 2.68. The van der Waals surface area contributed by atoms with Gasteiger partial charge in [0.05, 0.1) is 16.0 Å². The molecular weight excluding hydrogens is 543 g/mol. The van der Waals surface area contributed by atoms with E-state index in [1.54, 1.807) is 11.3 Å². The number of rotatable bonds is 6. The number of carbonyl (C=O) groups excluding carboxylic acids is 2. The summed E-state index contributed by atoms with van der Waals surface area (Å²) in [7, 11) is -1.91. The van der Waals surface area contributed by atoms with Gasteiger partial charge in [-0.15, -0.1) is 11.3 Å². The topological polar surface area (TPSA) is 76.5 Å². The fraction of sp³-hybridized carbons (Fsp3) is 0.645. The second-order valence-electron chi connectivity index (χ2n) is 13.8. The van der Waals surface area contributed by atoms with Gasteiger partial charge >= 0.3 is 0 Å². The molecule has 5 nitrogen and oxygen atoms in total. The Balaban J connectivity index is 1.30. The molecule has 7 atom stereocenters. The van der Waals surface area contributed by atoms with Crippen LogP contribution in [0.4, 0.5) is 0 Å². The Morgan fingerprint density at radius 3 is 2.69 bits per heavy atom. The molecule has 8 heteroatoms. The fourth-order valence-corrected chi connectivity index (χ4v) is 12.0. The molecule has 1 heterocycles. The minimum Gasteiger partial charge on any atom is -0.414 e. The summed E-state index contributed by atoms with van der Waals surface area (Å²) in [6.45, 7) is 11.3. The lowest BCUT2D eigenvalue weighted by Crippen LogP contribution is -2.63. The minimum absolute atomic E-state index is 0.0147. The molecule has 0 spiro atoms. The number of thioether (sulfide) groups is 1. The third-order valence-corrected chi connectivity index (χ3v) is 13.8. The molecule has 39 heavy (non-hydrogen) atoms. The summed E-state index contributed by atoms with van der Waals surface area (Å²) in [5.74, 6) is 1.42. The highest BCUT2D eigenvalue weighted by Gasteiger charge is 2.68. The number of fused-ring (bicyclic) bond motifs is 6. The van der Waals surface area contributed by atoms with Crippen molar-refractivity contribution < 1.29 is 19.1 Å². The normalized spacial score (nSPS) is 38.2. The number of hydrogen-bond acceptors (Lipinski definition) is 7. The molecular formula is C31H41NO4S2Si. The van der Waals surface area contributed by atoms with Crippen LogP contribution in [0.2, 0.25) is 19.6 Å². The fourth-order valence-electron chi connectivity index (χ4n) is 8.84. The number of Topliss-reactive ketones (excluding diaryl/α,β-unsaturated/α-hetero) is 1.